The van der Waals surface area contributed by atoms with Gasteiger partial charge in [-0.25, -0.2) is 19.2 Å². The molecule has 0 spiro atoms. The maximum Gasteiger partial charge on any atom is 0.408 e. The van der Waals surface area contributed by atoms with Crippen molar-refractivity contribution in [3.8, 4) is 27.4 Å². The number of halogens is 2. The highest BCUT2D eigenvalue weighted by atomic mass is 32.1. The fourth-order valence-corrected chi connectivity index (χ4v) is 7.51. The van der Waals surface area contributed by atoms with Crippen LogP contribution in [-0.2, 0) is 19.1 Å². The highest BCUT2D eigenvalue weighted by Crippen LogP contribution is 2.36. The van der Waals surface area contributed by atoms with E-state index in [2.05, 4.69) is 30.8 Å². The van der Waals surface area contributed by atoms with E-state index < -0.39 is 41.9 Å². The zero-order valence-corrected chi connectivity index (χ0v) is 33.2. The van der Waals surface area contributed by atoms with Crippen LogP contribution in [0.1, 0.15) is 70.2 Å². The molecular weight excluding hydrogens is 751 g/mol. The molecular formula is C39H48F2N6O6S2. The quantitative estimate of drug-likeness (QED) is 0.0947. The number of anilines is 1. The lowest BCUT2D eigenvalue weighted by Crippen LogP contribution is -2.37. The zero-order chi connectivity index (χ0) is 39.4. The Morgan fingerprint density at radius 1 is 0.945 bits per heavy atom. The van der Waals surface area contributed by atoms with Crippen LogP contribution in [0.15, 0.2) is 47.3 Å². The van der Waals surface area contributed by atoms with E-state index in [9.17, 15) is 23.2 Å². The summed E-state index contributed by atoms with van der Waals surface area (Å²) in [7, 11) is 0. The summed E-state index contributed by atoms with van der Waals surface area (Å²) in [6, 6.07) is 9.53. The summed E-state index contributed by atoms with van der Waals surface area (Å²) >= 11 is 2.94. The first-order valence-corrected chi connectivity index (χ1v) is 20.1. The first-order valence-electron chi connectivity index (χ1n) is 18.3. The molecule has 296 valence electrons. The highest BCUT2D eigenvalue weighted by molar-refractivity contribution is 7.14. The van der Waals surface area contributed by atoms with Crippen molar-refractivity contribution < 1.29 is 37.4 Å². The molecule has 1 saturated heterocycles. The van der Waals surface area contributed by atoms with Crippen LogP contribution >= 0.6 is 22.7 Å². The Bertz CT molecular complexity index is 1890. The van der Waals surface area contributed by atoms with Crippen LogP contribution in [0.5, 0.6) is 5.75 Å². The number of hydrogen-bond donors (Lipinski definition) is 3. The molecule has 3 N–H and O–H groups in total. The Hall–Kier alpha value is -4.67. The summed E-state index contributed by atoms with van der Waals surface area (Å²) in [4.78, 5) is 50.2. The van der Waals surface area contributed by atoms with Crippen LogP contribution in [0.25, 0.3) is 21.7 Å². The first-order chi connectivity index (χ1) is 26.4. The Morgan fingerprint density at radius 3 is 2.29 bits per heavy atom. The third-order valence-electron chi connectivity index (χ3n) is 8.60. The van der Waals surface area contributed by atoms with E-state index in [4.69, 9.17) is 14.2 Å². The Kier molecular flexibility index (Phi) is 14.9. The van der Waals surface area contributed by atoms with Gasteiger partial charge in [-0.1, -0.05) is 37.1 Å². The van der Waals surface area contributed by atoms with Gasteiger partial charge in [-0.05, 0) is 63.8 Å². The number of aryl methyl sites for hydroxylation is 1. The van der Waals surface area contributed by atoms with Gasteiger partial charge in [0.1, 0.15) is 5.60 Å². The molecule has 1 aliphatic heterocycles. The van der Waals surface area contributed by atoms with E-state index in [0.29, 0.717) is 51.5 Å². The molecule has 4 aromatic rings. The lowest BCUT2D eigenvalue weighted by Gasteiger charge is -2.26. The molecule has 0 unspecified atom stereocenters. The monoisotopic (exact) mass is 798 g/mol. The number of alkyl carbamates (subject to hydrolysis) is 1. The molecule has 1 aliphatic rings. The van der Waals surface area contributed by atoms with Gasteiger partial charge in [0.25, 0.3) is 5.91 Å². The molecule has 2 aromatic carbocycles. The van der Waals surface area contributed by atoms with E-state index in [-0.39, 0.29) is 23.6 Å². The van der Waals surface area contributed by atoms with Crippen molar-refractivity contribution in [3.63, 3.8) is 0 Å². The molecule has 1 fully saturated rings. The molecule has 2 aromatic heterocycles. The third kappa shape index (κ3) is 12.4. The van der Waals surface area contributed by atoms with Gasteiger partial charge in [0.05, 0.1) is 47.5 Å². The second kappa shape index (κ2) is 19.8. The largest absolute Gasteiger partial charge is 0.480 e. The number of ether oxygens (including phenoxy) is 3. The minimum absolute atomic E-state index is 0.0343. The van der Waals surface area contributed by atoms with Crippen molar-refractivity contribution in [1.29, 1.82) is 0 Å². The van der Waals surface area contributed by atoms with Crippen LogP contribution in [0.2, 0.25) is 0 Å². The highest BCUT2D eigenvalue weighted by Gasteiger charge is 2.24. The maximum absolute atomic E-state index is 14.8. The van der Waals surface area contributed by atoms with E-state index in [1.54, 1.807) is 43.0 Å². The number of benzene rings is 2. The molecule has 0 bridgehead atoms. The molecule has 16 heteroatoms. The summed E-state index contributed by atoms with van der Waals surface area (Å²) in [5, 5.41) is 11.0. The number of nitrogens with zero attached hydrogens (tertiary/aromatic N) is 3. The van der Waals surface area contributed by atoms with Crippen molar-refractivity contribution in [2.45, 2.75) is 71.4 Å². The number of amides is 3. The topological polar surface area (TPSA) is 144 Å². The number of morpholine rings is 1. The zero-order valence-electron chi connectivity index (χ0n) is 31.5. The molecule has 12 nitrogen and oxygen atoms in total. The Morgan fingerprint density at radius 2 is 1.64 bits per heavy atom. The minimum Gasteiger partial charge on any atom is -0.480 e. The third-order valence-corrected chi connectivity index (χ3v) is 10.5. The number of rotatable bonds is 17. The van der Waals surface area contributed by atoms with Crippen LogP contribution < -0.4 is 25.6 Å². The number of unbranched alkanes of at least 4 members (excludes halogenated alkanes) is 3. The SMILES string of the molecule is Cc1ncsc1-c1ccc([C@H](CC(=O)NCCCCCCNC(=O)COc2c(-c3csc(N4CCOCC4)n3)ccc(F)c2F)NC(=O)OC(C)(C)C)cc1. The van der Waals surface area contributed by atoms with E-state index in [1.165, 1.54) is 17.4 Å². The summed E-state index contributed by atoms with van der Waals surface area (Å²) in [5.41, 5.74) is 4.53. The summed E-state index contributed by atoms with van der Waals surface area (Å²) in [6.45, 7) is 10.2. The smallest absolute Gasteiger partial charge is 0.408 e. The van der Waals surface area contributed by atoms with Gasteiger partial charge in [-0.15, -0.1) is 22.7 Å². The van der Waals surface area contributed by atoms with Gasteiger partial charge >= 0.3 is 6.09 Å². The predicted molar refractivity (Wildman–Crippen MR) is 209 cm³/mol. The Labute approximate surface area is 328 Å². The van der Waals surface area contributed by atoms with Crippen molar-refractivity contribution in [3.05, 3.63) is 70.2 Å². The molecule has 3 heterocycles. The second-order valence-corrected chi connectivity index (χ2v) is 15.7. The number of nitrogens with one attached hydrogen (secondary N) is 3. The maximum atomic E-state index is 14.8. The number of hydrogen-bond acceptors (Lipinski definition) is 11. The van der Waals surface area contributed by atoms with Gasteiger partial charge in [-0.2, -0.15) is 4.39 Å². The average Bonchev–Trinajstić information content (AvgIpc) is 3.82. The standard InChI is InChI=1S/C39H48F2N6O6S2/c1-25-36(55-24-44-25)27-11-9-26(10-12-27)30(46-38(50)53-39(2,3)4)21-32(48)42-15-7-5-6-8-16-43-33(49)22-52-35-28(13-14-29(40)34(35)41)31-23-54-37(45-31)47-17-19-51-20-18-47/h9-14,23-24,30H,5-8,15-22H2,1-4H3,(H,42,48)(H,43,49)(H,46,50)/t30-/m0/s1. The molecule has 0 saturated carbocycles. The van der Waals surface area contributed by atoms with Crippen LogP contribution in [0.4, 0.5) is 18.7 Å². The van der Waals surface area contributed by atoms with Crippen molar-refractivity contribution in [2.24, 2.45) is 0 Å². The van der Waals surface area contributed by atoms with Gasteiger partial charge < -0.3 is 35.1 Å². The normalized spacial score (nSPS) is 13.6. The molecule has 0 radical (unpaired) electrons. The number of aromatic nitrogens is 2. The average molecular weight is 799 g/mol. The van der Waals surface area contributed by atoms with E-state index in [0.717, 1.165) is 52.2 Å². The van der Waals surface area contributed by atoms with Crippen LogP contribution in [0, 0.1) is 18.6 Å². The lowest BCUT2D eigenvalue weighted by molar-refractivity contribution is -0.123. The minimum atomic E-state index is -1.18. The fraction of sp³-hybridized carbons (Fsp3) is 0.462. The van der Waals surface area contributed by atoms with E-state index >= 15 is 0 Å². The molecule has 1 atom stereocenters. The van der Waals surface area contributed by atoms with Crippen molar-refractivity contribution in [2.75, 3.05) is 50.9 Å². The number of thiazole rings is 2. The van der Waals surface area contributed by atoms with Crippen LogP contribution in [0.3, 0.4) is 0 Å². The van der Waals surface area contributed by atoms with Crippen molar-refractivity contribution >= 4 is 45.7 Å². The van der Waals surface area contributed by atoms with Gasteiger partial charge in [0.15, 0.2) is 23.3 Å². The predicted octanol–water partition coefficient (Wildman–Crippen LogP) is 7.18. The Balaban J connectivity index is 1.02. The molecule has 0 aliphatic carbocycles. The van der Waals surface area contributed by atoms with E-state index in [1.807, 2.05) is 31.2 Å². The molecule has 55 heavy (non-hydrogen) atoms. The number of carbonyl (C=O) groups is 3. The van der Waals surface area contributed by atoms with Gasteiger partial charge in [0, 0.05) is 37.1 Å². The summed E-state index contributed by atoms with van der Waals surface area (Å²) < 4.78 is 45.4. The molecule has 5 rings (SSSR count). The lowest BCUT2D eigenvalue weighted by atomic mass is 10.0. The van der Waals surface area contributed by atoms with Gasteiger partial charge in [0.2, 0.25) is 11.7 Å². The fourth-order valence-electron chi connectivity index (χ4n) is 5.82. The summed E-state index contributed by atoms with van der Waals surface area (Å²) in [5.74, 6) is -3.28. The van der Waals surface area contributed by atoms with Crippen molar-refractivity contribution in [1.82, 2.24) is 25.9 Å². The van der Waals surface area contributed by atoms with Crippen LogP contribution in [-0.4, -0.2) is 79.5 Å². The number of carbonyl (C=O) groups excluding carboxylic acids is 3. The second-order valence-electron chi connectivity index (χ2n) is 14.0. The first kappa shape index (κ1) is 41.5. The van der Waals surface area contributed by atoms with Gasteiger partial charge in [-0.3, -0.25) is 9.59 Å². The molecule has 3 amide bonds. The summed E-state index contributed by atoms with van der Waals surface area (Å²) in [6.07, 6.45) is 2.44.